The summed E-state index contributed by atoms with van der Waals surface area (Å²) < 4.78 is 5.74. The Bertz CT molecular complexity index is 364. The Morgan fingerprint density at radius 1 is 1.19 bits per heavy atom. The van der Waals surface area contributed by atoms with E-state index in [2.05, 4.69) is 51.1 Å². The minimum absolute atomic E-state index is 0.199. The zero-order valence-electron chi connectivity index (χ0n) is 10.9. The molecule has 1 heterocycles. The molecule has 1 aromatic carbocycles. The van der Waals surface area contributed by atoms with Crippen LogP contribution in [0.4, 0.5) is 0 Å². The molecule has 1 nitrogen and oxygen atoms in total. The third-order valence-electron chi connectivity index (χ3n) is 2.56. The molecule has 0 radical (unpaired) electrons. The summed E-state index contributed by atoms with van der Waals surface area (Å²) in [5.41, 5.74) is 2.53. The van der Waals surface area contributed by atoms with Crippen molar-refractivity contribution in [1.29, 1.82) is 0 Å². The Morgan fingerprint density at radius 3 is 2.50 bits per heavy atom. The van der Waals surface area contributed by atoms with E-state index in [1.807, 2.05) is 13.8 Å². The van der Waals surface area contributed by atoms with Gasteiger partial charge in [0.15, 0.2) is 0 Å². The van der Waals surface area contributed by atoms with Crippen molar-refractivity contribution in [2.75, 3.05) is 0 Å². The van der Waals surface area contributed by atoms with E-state index in [4.69, 9.17) is 4.74 Å². The standard InChI is InChI=1S/C13H16O.C2H6/c1-9(2)12-7-6-11-5-4-10(3)14-13(11)8-12;1-2/h4-10H,1-3H3;1-2H3. The Balaban J connectivity index is 0.000000606. The second kappa shape index (κ2) is 5.74. The number of rotatable bonds is 1. The van der Waals surface area contributed by atoms with Gasteiger partial charge in [-0.3, -0.25) is 0 Å². The van der Waals surface area contributed by atoms with Gasteiger partial charge in [0.2, 0.25) is 0 Å². The Morgan fingerprint density at radius 2 is 1.88 bits per heavy atom. The Labute approximate surface area is 99.1 Å². The first-order valence-electron chi connectivity index (χ1n) is 6.15. The summed E-state index contributed by atoms with van der Waals surface area (Å²) in [5, 5.41) is 0. The number of hydrogen-bond acceptors (Lipinski definition) is 1. The number of fused-ring (bicyclic) bond motifs is 1. The van der Waals surface area contributed by atoms with Crippen LogP contribution in [-0.4, -0.2) is 6.10 Å². The summed E-state index contributed by atoms with van der Waals surface area (Å²) in [6.45, 7) is 10.5. The lowest BCUT2D eigenvalue weighted by atomic mass is 10.00. The largest absolute Gasteiger partial charge is 0.486 e. The van der Waals surface area contributed by atoms with Crippen LogP contribution in [0.2, 0.25) is 0 Å². The topological polar surface area (TPSA) is 9.23 Å². The van der Waals surface area contributed by atoms with Gasteiger partial charge in [-0.25, -0.2) is 0 Å². The molecule has 2 rings (SSSR count). The van der Waals surface area contributed by atoms with Crippen LogP contribution in [0.25, 0.3) is 6.08 Å². The van der Waals surface area contributed by atoms with E-state index in [0.29, 0.717) is 5.92 Å². The Kier molecular flexibility index (Phi) is 4.60. The highest BCUT2D eigenvalue weighted by molar-refractivity contribution is 5.60. The fourth-order valence-electron chi connectivity index (χ4n) is 1.63. The van der Waals surface area contributed by atoms with Crippen LogP contribution >= 0.6 is 0 Å². The summed E-state index contributed by atoms with van der Waals surface area (Å²) in [6, 6.07) is 6.46. The molecule has 88 valence electrons. The second-order valence-corrected chi connectivity index (χ2v) is 4.13. The predicted octanol–water partition coefficient (Wildman–Crippen LogP) is 4.63. The smallest absolute Gasteiger partial charge is 0.127 e. The molecule has 1 heteroatoms. The number of benzene rings is 1. The molecule has 1 unspecified atom stereocenters. The third-order valence-corrected chi connectivity index (χ3v) is 2.56. The minimum Gasteiger partial charge on any atom is -0.486 e. The van der Waals surface area contributed by atoms with Crippen molar-refractivity contribution in [3.05, 3.63) is 35.4 Å². The van der Waals surface area contributed by atoms with Gasteiger partial charge in [0.1, 0.15) is 11.9 Å². The lowest BCUT2D eigenvalue weighted by Gasteiger charge is -2.19. The van der Waals surface area contributed by atoms with Gasteiger partial charge in [-0.15, -0.1) is 0 Å². The maximum absolute atomic E-state index is 5.74. The molecule has 0 bridgehead atoms. The van der Waals surface area contributed by atoms with Crippen LogP contribution in [0.15, 0.2) is 24.3 Å². The molecule has 1 aliphatic rings. The Hall–Kier alpha value is -1.24. The van der Waals surface area contributed by atoms with Crippen molar-refractivity contribution >= 4 is 6.08 Å². The summed E-state index contributed by atoms with van der Waals surface area (Å²) in [4.78, 5) is 0. The molecule has 0 N–H and O–H groups in total. The average molecular weight is 218 g/mol. The second-order valence-electron chi connectivity index (χ2n) is 4.13. The highest BCUT2D eigenvalue weighted by atomic mass is 16.5. The molecule has 0 saturated carbocycles. The van der Waals surface area contributed by atoms with E-state index in [1.165, 1.54) is 11.1 Å². The molecule has 0 aliphatic carbocycles. The van der Waals surface area contributed by atoms with E-state index < -0.39 is 0 Å². The quantitative estimate of drug-likeness (QED) is 0.667. The maximum atomic E-state index is 5.74. The zero-order chi connectivity index (χ0) is 12.1. The molecule has 0 aromatic heterocycles. The molecular weight excluding hydrogens is 196 g/mol. The van der Waals surface area contributed by atoms with Crippen LogP contribution in [0.5, 0.6) is 5.75 Å². The van der Waals surface area contributed by atoms with E-state index in [1.54, 1.807) is 0 Å². The van der Waals surface area contributed by atoms with Crippen molar-refractivity contribution in [2.24, 2.45) is 0 Å². The monoisotopic (exact) mass is 218 g/mol. The van der Waals surface area contributed by atoms with E-state index >= 15 is 0 Å². The van der Waals surface area contributed by atoms with Gasteiger partial charge >= 0.3 is 0 Å². The van der Waals surface area contributed by atoms with Gasteiger partial charge in [0.05, 0.1) is 0 Å². The van der Waals surface area contributed by atoms with E-state index in [0.717, 1.165) is 5.75 Å². The van der Waals surface area contributed by atoms with Crippen molar-refractivity contribution in [3.8, 4) is 5.75 Å². The highest BCUT2D eigenvalue weighted by Gasteiger charge is 2.11. The van der Waals surface area contributed by atoms with Gasteiger partial charge in [-0.05, 0) is 30.5 Å². The first-order chi connectivity index (χ1) is 7.66. The fourth-order valence-corrected chi connectivity index (χ4v) is 1.63. The molecule has 1 aromatic rings. The molecule has 0 saturated heterocycles. The summed E-state index contributed by atoms with van der Waals surface area (Å²) in [5.74, 6) is 1.58. The lowest BCUT2D eigenvalue weighted by Crippen LogP contribution is -2.12. The van der Waals surface area contributed by atoms with Gasteiger partial charge < -0.3 is 4.74 Å². The number of hydrogen-bond donors (Lipinski definition) is 0. The fraction of sp³-hybridized carbons (Fsp3) is 0.467. The maximum Gasteiger partial charge on any atom is 0.127 e. The van der Waals surface area contributed by atoms with Gasteiger partial charge in [0, 0.05) is 5.56 Å². The van der Waals surface area contributed by atoms with Crippen molar-refractivity contribution in [2.45, 2.75) is 46.6 Å². The van der Waals surface area contributed by atoms with Gasteiger partial charge in [-0.2, -0.15) is 0 Å². The first kappa shape index (κ1) is 12.8. The predicted molar refractivity (Wildman–Crippen MR) is 71.0 cm³/mol. The minimum atomic E-state index is 0.199. The van der Waals surface area contributed by atoms with Crippen LogP contribution in [0, 0.1) is 0 Å². The van der Waals surface area contributed by atoms with Crippen molar-refractivity contribution in [3.63, 3.8) is 0 Å². The van der Waals surface area contributed by atoms with Crippen molar-refractivity contribution < 1.29 is 4.74 Å². The molecule has 16 heavy (non-hydrogen) atoms. The normalized spacial score (nSPS) is 17.2. The third kappa shape index (κ3) is 2.88. The molecule has 1 aliphatic heterocycles. The molecule has 0 amide bonds. The number of ether oxygens (including phenoxy) is 1. The van der Waals surface area contributed by atoms with E-state index in [9.17, 15) is 0 Å². The molecule has 0 fully saturated rings. The highest BCUT2D eigenvalue weighted by Crippen LogP contribution is 2.29. The summed E-state index contributed by atoms with van der Waals surface area (Å²) >= 11 is 0. The van der Waals surface area contributed by atoms with Crippen LogP contribution in [0.1, 0.15) is 51.7 Å². The van der Waals surface area contributed by atoms with E-state index in [-0.39, 0.29) is 6.10 Å². The van der Waals surface area contributed by atoms with Crippen molar-refractivity contribution in [1.82, 2.24) is 0 Å². The SMILES string of the molecule is CC.CC1C=Cc2ccc(C(C)C)cc2O1. The lowest BCUT2D eigenvalue weighted by molar-refractivity contribution is 0.266. The van der Waals surface area contributed by atoms with Crippen LogP contribution in [0.3, 0.4) is 0 Å². The van der Waals surface area contributed by atoms with Gasteiger partial charge in [0.25, 0.3) is 0 Å². The van der Waals surface area contributed by atoms with Crippen LogP contribution < -0.4 is 4.74 Å². The van der Waals surface area contributed by atoms with Crippen LogP contribution in [-0.2, 0) is 0 Å². The summed E-state index contributed by atoms with van der Waals surface area (Å²) in [7, 11) is 0. The molecular formula is C15H22O. The molecule has 1 atom stereocenters. The van der Waals surface area contributed by atoms with Gasteiger partial charge in [-0.1, -0.05) is 45.9 Å². The average Bonchev–Trinajstić information content (AvgIpc) is 2.30. The molecule has 0 spiro atoms. The zero-order valence-corrected chi connectivity index (χ0v) is 10.9. The first-order valence-corrected chi connectivity index (χ1v) is 6.15. The summed E-state index contributed by atoms with van der Waals surface area (Å²) in [6.07, 6.45) is 4.41.